The number of carbonyl (C=O) groups excluding carboxylic acids is 2. The molecule has 0 aromatic heterocycles. The van der Waals surface area contributed by atoms with Gasteiger partial charge in [0, 0.05) is 37.3 Å². The number of aliphatic hydroxyl groups is 1. The molecule has 0 radical (unpaired) electrons. The molecule has 1 aromatic carbocycles. The minimum atomic E-state index is -0.247. The van der Waals surface area contributed by atoms with Crippen molar-refractivity contribution in [3.63, 3.8) is 0 Å². The Bertz CT molecular complexity index is 673. The summed E-state index contributed by atoms with van der Waals surface area (Å²) >= 11 is 0. The van der Waals surface area contributed by atoms with E-state index in [4.69, 9.17) is 0 Å². The first-order valence-electron chi connectivity index (χ1n) is 9.21. The van der Waals surface area contributed by atoms with Gasteiger partial charge in [-0.3, -0.25) is 9.69 Å². The van der Waals surface area contributed by atoms with Crippen LogP contribution in [-0.2, 0) is 11.2 Å². The van der Waals surface area contributed by atoms with Gasteiger partial charge in [-0.25, -0.2) is 4.79 Å². The van der Waals surface area contributed by atoms with E-state index in [1.807, 2.05) is 35.2 Å². The van der Waals surface area contributed by atoms with Crippen molar-refractivity contribution in [3.05, 3.63) is 42.5 Å². The van der Waals surface area contributed by atoms with Gasteiger partial charge in [0.15, 0.2) is 0 Å². The molecule has 2 saturated heterocycles. The van der Waals surface area contributed by atoms with Gasteiger partial charge in [-0.15, -0.1) is 6.58 Å². The second-order valence-corrected chi connectivity index (χ2v) is 7.30. The second kappa shape index (κ2) is 7.91. The van der Waals surface area contributed by atoms with Gasteiger partial charge in [0.25, 0.3) is 0 Å². The predicted octanol–water partition coefficient (Wildman–Crippen LogP) is 1.94. The summed E-state index contributed by atoms with van der Waals surface area (Å²) in [6.45, 7) is 6.51. The number of nitrogens with one attached hydrogen (secondary N) is 1. The summed E-state index contributed by atoms with van der Waals surface area (Å²) in [4.78, 5) is 28.0. The number of likely N-dealkylation sites (tertiary alicyclic amines) is 1. The van der Waals surface area contributed by atoms with Crippen LogP contribution in [0.2, 0.25) is 0 Å². The molecule has 0 spiro atoms. The molecule has 2 heterocycles. The van der Waals surface area contributed by atoms with Crippen molar-refractivity contribution >= 4 is 17.6 Å². The van der Waals surface area contributed by atoms with Crippen LogP contribution in [0.25, 0.3) is 0 Å². The van der Waals surface area contributed by atoms with Gasteiger partial charge in [0.05, 0.1) is 13.0 Å². The van der Waals surface area contributed by atoms with Gasteiger partial charge >= 0.3 is 6.03 Å². The zero-order valence-electron chi connectivity index (χ0n) is 15.1. The van der Waals surface area contributed by atoms with Crippen LogP contribution in [0.1, 0.15) is 24.8 Å². The Morgan fingerprint density at radius 2 is 2.08 bits per heavy atom. The molecule has 6 nitrogen and oxygen atoms in total. The van der Waals surface area contributed by atoms with E-state index in [1.54, 1.807) is 4.90 Å². The van der Waals surface area contributed by atoms with Crippen molar-refractivity contribution < 1.29 is 14.7 Å². The molecule has 2 aliphatic rings. The number of hydrogen-bond acceptors (Lipinski definition) is 3. The lowest BCUT2D eigenvalue weighted by molar-refractivity contribution is -0.134. The molecule has 0 bridgehead atoms. The average Bonchev–Trinajstić information content (AvgIpc) is 3.09. The number of nitrogens with zero attached hydrogens (tertiary/aromatic N) is 2. The molecular weight excluding hydrogens is 330 g/mol. The lowest BCUT2D eigenvalue weighted by atomic mass is 9.77. The molecule has 140 valence electrons. The highest BCUT2D eigenvalue weighted by Crippen LogP contribution is 2.33. The van der Waals surface area contributed by atoms with Gasteiger partial charge in [-0.2, -0.15) is 0 Å². The van der Waals surface area contributed by atoms with E-state index in [2.05, 4.69) is 11.9 Å². The zero-order chi connectivity index (χ0) is 18.6. The molecule has 3 rings (SSSR count). The van der Waals surface area contributed by atoms with Crippen LogP contribution in [0.3, 0.4) is 0 Å². The fourth-order valence-electron chi connectivity index (χ4n) is 3.89. The monoisotopic (exact) mass is 357 g/mol. The molecule has 2 fully saturated rings. The van der Waals surface area contributed by atoms with E-state index in [-0.39, 0.29) is 24.0 Å². The molecule has 26 heavy (non-hydrogen) atoms. The molecule has 6 heteroatoms. The van der Waals surface area contributed by atoms with Gasteiger partial charge in [-0.05, 0) is 37.0 Å². The maximum absolute atomic E-state index is 12.7. The number of rotatable bonds is 6. The average molecular weight is 357 g/mol. The molecule has 0 saturated carbocycles. The third-order valence-electron chi connectivity index (χ3n) is 5.39. The number of allylic oxidation sites excluding steroid dienone is 1. The maximum Gasteiger partial charge on any atom is 0.321 e. The highest BCUT2D eigenvalue weighted by molar-refractivity contribution is 5.94. The fourth-order valence-corrected chi connectivity index (χ4v) is 3.89. The Labute approximate surface area is 154 Å². The van der Waals surface area contributed by atoms with Gasteiger partial charge in [0.2, 0.25) is 5.91 Å². The van der Waals surface area contributed by atoms with E-state index in [0.29, 0.717) is 26.1 Å². The fraction of sp³-hybridized carbons (Fsp3) is 0.500. The van der Waals surface area contributed by atoms with Crippen molar-refractivity contribution in [1.29, 1.82) is 0 Å². The Morgan fingerprint density at radius 3 is 2.69 bits per heavy atom. The number of carbonyl (C=O) groups is 2. The smallest absolute Gasteiger partial charge is 0.321 e. The molecule has 1 aromatic rings. The Morgan fingerprint density at radius 1 is 1.31 bits per heavy atom. The summed E-state index contributed by atoms with van der Waals surface area (Å²) in [5.74, 6) is 0.0817. The minimum Gasteiger partial charge on any atom is -0.396 e. The van der Waals surface area contributed by atoms with Crippen LogP contribution in [0.5, 0.6) is 0 Å². The highest BCUT2D eigenvalue weighted by atomic mass is 16.3. The first-order chi connectivity index (χ1) is 12.6. The molecule has 2 aliphatic heterocycles. The van der Waals surface area contributed by atoms with Crippen LogP contribution >= 0.6 is 0 Å². The Hall–Kier alpha value is -2.34. The quantitative estimate of drug-likeness (QED) is 0.764. The predicted molar refractivity (Wildman–Crippen MR) is 101 cm³/mol. The van der Waals surface area contributed by atoms with Crippen molar-refractivity contribution in [2.24, 2.45) is 5.41 Å². The Kier molecular flexibility index (Phi) is 5.61. The number of hydrogen-bond donors (Lipinski definition) is 2. The standard InChI is InChI=1S/C20H27N3O3/c1-2-8-20(15-24)9-3-11-22(14-20)18(25)13-16-4-6-17(7-5-16)23-12-10-21-19(23)26/h2,4-7,24H,1,3,8-15H2,(H,21,26)/t20-/m1/s1. The third-order valence-corrected chi connectivity index (χ3v) is 5.39. The van der Waals surface area contributed by atoms with Crippen molar-refractivity contribution in [2.45, 2.75) is 25.7 Å². The van der Waals surface area contributed by atoms with E-state index >= 15 is 0 Å². The molecule has 0 unspecified atom stereocenters. The molecule has 3 amide bonds. The van der Waals surface area contributed by atoms with Crippen LogP contribution in [0.15, 0.2) is 36.9 Å². The number of benzene rings is 1. The maximum atomic E-state index is 12.7. The number of urea groups is 1. The van der Waals surface area contributed by atoms with Crippen molar-refractivity contribution in [2.75, 3.05) is 37.7 Å². The largest absolute Gasteiger partial charge is 0.396 e. The van der Waals surface area contributed by atoms with Crippen LogP contribution in [0, 0.1) is 5.41 Å². The van der Waals surface area contributed by atoms with Crippen LogP contribution < -0.4 is 10.2 Å². The lowest BCUT2D eigenvalue weighted by Gasteiger charge is -2.41. The number of amides is 3. The summed E-state index contributed by atoms with van der Waals surface area (Å²) in [6, 6.07) is 7.51. The molecule has 0 aliphatic carbocycles. The normalized spacial score (nSPS) is 23.0. The first-order valence-corrected chi connectivity index (χ1v) is 9.21. The van der Waals surface area contributed by atoms with Gasteiger partial charge < -0.3 is 15.3 Å². The van der Waals surface area contributed by atoms with Crippen LogP contribution in [0.4, 0.5) is 10.5 Å². The van der Waals surface area contributed by atoms with Crippen LogP contribution in [-0.4, -0.2) is 54.7 Å². The molecular formula is C20H27N3O3. The Balaban J connectivity index is 1.62. The third kappa shape index (κ3) is 3.90. The summed E-state index contributed by atoms with van der Waals surface area (Å²) in [5, 5.41) is 12.6. The second-order valence-electron chi connectivity index (χ2n) is 7.30. The number of aliphatic hydroxyl groups excluding tert-OH is 1. The van der Waals surface area contributed by atoms with Gasteiger partial charge in [-0.1, -0.05) is 18.2 Å². The SMILES string of the molecule is C=CC[C@@]1(CO)CCCN(C(=O)Cc2ccc(N3CCNC3=O)cc2)C1. The van der Waals surface area contributed by atoms with E-state index < -0.39 is 0 Å². The van der Waals surface area contributed by atoms with Crippen molar-refractivity contribution in [3.8, 4) is 0 Å². The minimum absolute atomic E-state index is 0.0788. The van der Waals surface area contributed by atoms with Crippen molar-refractivity contribution in [1.82, 2.24) is 10.2 Å². The van der Waals surface area contributed by atoms with E-state index in [1.165, 1.54) is 0 Å². The van der Waals surface area contributed by atoms with E-state index in [9.17, 15) is 14.7 Å². The lowest BCUT2D eigenvalue weighted by Crippen LogP contribution is -2.48. The summed E-state index contributed by atoms with van der Waals surface area (Å²) in [6.07, 6.45) is 4.72. The first kappa shape index (κ1) is 18.5. The van der Waals surface area contributed by atoms with Gasteiger partial charge in [0.1, 0.15) is 0 Å². The number of piperidine rings is 1. The molecule has 2 N–H and O–H groups in total. The topological polar surface area (TPSA) is 72.9 Å². The highest BCUT2D eigenvalue weighted by Gasteiger charge is 2.35. The summed E-state index contributed by atoms with van der Waals surface area (Å²) < 4.78 is 0. The molecule has 1 atom stereocenters. The number of anilines is 1. The summed E-state index contributed by atoms with van der Waals surface area (Å²) in [5.41, 5.74) is 1.53. The summed E-state index contributed by atoms with van der Waals surface area (Å²) in [7, 11) is 0. The van der Waals surface area contributed by atoms with E-state index in [0.717, 1.165) is 37.1 Å². The zero-order valence-corrected chi connectivity index (χ0v) is 15.1.